The second-order valence-electron chi connectivity index (χ2n) is 5.20. The summed E-state index contributed by atoms with van der Waals surface area (Å²) >= 11 is 0. The van der Waals surface area contributed by atoms with Gasteiger partial charge in [-0.3, -0.25) is 0 Å². The van der Waals surface area contributed by atoms with Gasteiger partial charge in [0.15, 0.2) is 0 Å². The molecule has 118 valence electrons. The second-order valence-corrected chi connectivity index (χ2v) is 5.20. The summed E-state index contributed by atoms with van der Waals surface area (Å²) in [6.07, 6.45) is -4.69. The Hall–Kier alpha value is -2.53. The zero-order valence-electron chi connectivity index (χ0n) is 12.0. The van der Waals surface area contributed by atoms with Crippen molar-refractivity contribution < 1.29 is 17.9 Å². The maximum atomic E-state index is 12.2. The van der Waals surface area contributed by atoms with E-state index in [1.54, 1.807) is 12.1 Å². The summed E-state index contributed by atoms with van der Waals surface area (Å²) in [5, 5.41) is 2.18. The van der Waals surface area contributed by atoms with Gasteiger partial charge in [0.25, 0.3) is 0 Å². The average molecular weight is 317 g/mol. The van der Waals surface area contributed by atoms with Crippen LogP contribution in [0, 0.1) is 0 Å². The Bertz CT molecular complexity index is 812. The summed E-state index contributed by atoms with van der Waals surface area (Å²) in [4.78, 5) is 0. The Kier molecular flexibility index (Phi) is 3.96. The highest BCUT2D eigenvalue weighted by atomic mass is 19.4. The van der Waals surface area contributed by atoms with Crippen molar-refractivity contribution in [3.8, 4) is 5.75 Å². The Morgan fingerprint density at radius 3 is 2.04 bits per heavy atom. The average Bonchev–Trinajstić information content (AvgIpc) is 2.53. The first-order valence-corrected chi connectivity index (χ1v) is 7.02. The first-order chi connectivity index (χ1) is 10.9. The van der Waals surface area contributed by atoms with E-state index < -0.39 is 12.4 Å². The maximum Gasteiger partial charge on any atom is 0.573 e. The molecule has 23 heavy (non-hydrogen) atoms. The molecular weight excluding hydrogens is 303 g/mol. The van der Waals surface area contributed by atoms with Crippen LogP contribution in [0.1, 0.15) is 17.2 Å². The summed E-state index contributed by atoms with van der Waals surface area (Å²) < 4.78 is 40.4. The van der Waals surface area contributed by atoms with Gasteiger partial charge in [0.1, 0.15) is 5.75 Å². The van der Waals surface area contributed by atoms with Gasteiger partial charge in [0.2, 0.25) is 0 Å². The van der Waals surface area contributed by atoms with Crippen molar-refractivity contribution in [2.75, 3.05) is 0 Å². The molecule has 0 aliphatic rings. The minimum absolute atomic E-state index is 0.257. The molecule has 0 aliphatic carbocycles. The summed E-state index contributed by atoms with van der Waals surface area (Å²) in [6, 6.07) is 19.0. The summed E-state index contributed by atoms with van der Waals surface area (Å²) in [5.41, 5.74) is 7.84. The van der Waals surface area contributed by atoms with Crippen LogP contribution < -0.4 is 10.5 Å². The number of fused-ring (bicyclic) bond motifs is 1. The van der Waals surface area contributed by atoms with E-state index in [1.165, 1.54) is 12.1 Å². The van der Waals surface area contributed by atoms with Crippen LogP contribution in [0.4, 0.5) is 13.2 Å². The van der Waals surface area contributed by atoms with Gasteiger partial charge in [-0.05, 0) is 40.1 Å². The van der Waals surface area contributed by atoms with Crippen LogP contribution in [-0.2, 0) is 0 Å². The summed E-state index contributed by atoms with van der Waals surface area (Å²) in [6.45, 7) is 0. The maximum absolute atomic E-state index is 12.2. The largest absolute Gasteiger partial charge is 0.573 e. The number of rotatable bonds is 3. The number of alkyl halides is 3. The quantitative estimate of drug-likeness (QED) is 0.754. The third-order valence-corrected chi connectivity index (χ3v) is 3.61. The van der Waals surface area contributed by atoms with Gasteiger partial charge in [0.05, 0.1) is 6.04 Å². The summed E-state index contributed by atoms with van der Waals surface area (Å²) in [7, 11) is 0. The van der Waals surface area contributed by atoms with Crippen LogP contribution in [0.3, 0.4) is 0 Å². The number of halogens is 3. The third kappa shape index (κ3) is 3.63. The van der Waals surface area contributed by atoms with Crippen molar-refractivity contribution >= 4 is 10.8 Å². The van der Waals surface area contributed by atoms with Crippen molar-refractivity contribution in [3.63, 3.8) is 0 Å². The predicted molar refractivity (Wildman–Crippen MR) is 83.1 cm³/mol. The number of nitrogens with two attached hydrogens (primary N) is 1. The molecule has 0 bridgehead atoms. The smallest absolute Gasteiger partial charge is 0.406 e. The first kappa shape index (κ1) is 15.4. The molecule has 0 unspecified atom stereocenters. The van der Waals surface area contributed by atoms with Gasteiger partial charge in [-0.2, -0.15) is 0 Å². The first-order valence-electron chi connectivity index (χ1n) is 7.02. The SMILES string of the molecule is N[C@@H](c1ccc(OC(F)(F)F)cc1)c1ccc2ccccc2c1. The normalized spacial score (nSPS) is 13.0. The van der Waals surface area contributed by atoms with E-state index in [2.05, 4.69) is 4.74 Å². The Labute approximate surface area is 131 Å². The molecule has 0 spiro atoms. The fraction of sp³-hybridized carbons (Fsp3) is 0.111. The zero-order chi connectivity index (χ0) is 16.4. The Morgan fingerprint density at radius 2 is 1.39 bits per heavy atom. The van der Waals surface area contributed by atoms with Crippen LogP contribution in [0.15, 0.2) is 66.7 Å². The molecule has 0 radical (unpaired) electrons. The molecule has 0 aliphatic heterocycles. The number of hydrogen-bond donors (Lipinski definition) is 1. The van der Waals surface area contributed by atoms with Crippen molar-refractivity contribution in [3.05, 3.63) is 77.9 Å². The van der Waals surface area contributed by atoms with Crippen LogP contribution in [0.5, 0.6) is 5.75 Å². The van der Waals surface area contributed by atoms with Crippen LogP contribution in [-0.4, -0.2) is 6.36 Å². The number of benzene rings is 3. The van der Waals surface area contributed by atoms with Crippen LogP contribution in [0.25, 0.3) is 10.8 Å². The fourth-order valence-electron chi connectivity index (χ4n) is 2.47. The molecule has 3 aromatic carbocycles. The Balaban J connectivity index is 1.85. The molecule has 3 aromatic rings. The highest BCUT2D eigenvalue weighted by molar-refractivity contribution is 5.83. The van der Waals surface area contributed by atoms with Crippen molar-refractivity contribution in [1.29, 1.82) is 0 Å². The monoisotopic (exact) mass is 317 g/mol. The molecule has 0 fully saturated rings. The number of hydrogen-bond acceptors (Lipinski definition) is 2. The molecule has 1 atom stereocenters. The molecule has 5 heteroatoms. The third-order valence-electron chi connectivity index (χ3n) is 3.61. The van der Waals surface area contributed by atoms with Crippen LogP contribution in [0.2, 0.25) is 0 Å². The molecule has 0 amide bonds. The molecular formula is C18H14F3NO. The van der Waals surface area contributed by atoms with Gasteiger partial charge < -0.3 is 10.5 Å². The Morgan fingerprint density at radius 1 is 0.783 bits per heavy atom. The topological polar surface area (TPSA) is 35.2 Å². The summed E-state index contributed by atoms with van der Waals surface area (Å²) in [5.74, 6) is -0.257. The predicted octanol–water partition coefficient (Wildman–Crippen LogP) is 4.79. The molecule has 0 aromatic heterocycles. The van der Waals surface area contributed by atoms with E-state index in [9.17, 15) is 13.2 Å². The molecule has 2 N–H and O–H groups in total. The van der Waals surface area contributed by atoms with Gasteiger partial charge in [-0.1, -0.05) is 48.5 Å². The van der Waals surface area contributed by atoms with E-state index in [0.717, 1.165) is 21.9 Å². The van der Waals surface area contributed by atoms with Gasteiger partial charge in [-0.25, -0.2) is 0 Å². The molecule has 0 heterocycles. The zero-order valence-corrected chi connectivity index (χ0v) is 12.0. The van der Waals surface area contributed by atoms with E-state index in [0.29, 0.717) is 0 Å². The standard InChI is InChI=1S/C18H14F3NO/c19-18(20,21)23-16-9-7-13(8-10-16)17(22)15-6-5-12-3-1-2-4-14(12)11-15/h1-11,17H,22H2/t17-/m0/s1. The molecule has 2 nitrogen and oxygen atoms in total. The lowest BCUT2D eigenvalue weighted by atomic mass is 9.97. The van der Waals surface area contributed by atoms with Crippen LogP contribution >= 0.6 is 0 Å². The fourth-order valence-corrected chi connectivity index (χ4v) is 2.47. The highest BCUT2D eigenvalue weighted by Crippen LogP contribution is 2.27. The van der Waals surface area contributed by atoms with Gasteiger partial charge in [-0.15, -0.1) is 13.2 Å². The van der Waals surface area contributed by atoms with Crippen molar-refractivity contribution in [1.82, 2.24) is 0 Å². The minimum atomic E-state index is -4.69. The number of ether oxygens (including phenoxy) is 1. The lowest BCUT2D eigenvalue weighted by Crippen LogP contribution is -2.17. The van der Waals surface area contributed by atoms with E-state index in [-0.39, 0.29) is 5.75 Å². The molecule has 0 saturated heterocycles. The van der Waals surface area contributed by atoms with E-state index in [4.69, 9.17) is 5.73 Å². The second kappa shape index (κ2) is 5.93. The lowest BCUT2D eigenvalue weighted by Gasteiger charge is -2.15. The molecule has 3 rings (SSSR count). The van der Waals surface area contributed by atoms with Crippen molar-refractivity contribution in [2.45, 2.75) is 12.4 Å². The van der Waals surface area contributed by atoms with Gasteiger partial charge >= 0.3 is 6.36 Å². The minimum Gasteiger partial charge on any atom is -0.406 e. The molecule has 0 saturated carbocycles. The van der Waals surface area contributed by atoms with E-state index >= 15 is 0 Å². The highest BCUT2D eigenvalue weighted by Gasteiger charge is 2.31. The van der Waals surface area contributed by atoms with Crippen molar-refractivity contribution in [2.24, 2.45) is 5.73 Å². The van der Waals surface area contributed by atoms with Gasteiger partial charge in [0, 0.05) is 0 Å². The van der Waals surface area contributed by atoms with E-state index in [1.807, 2.05) is 42.5 Å². The lowest BCUT2D eigenvalue weighted by molar-refractivity contribution is -0.274.